The van der Waals surface area contributed by atoms with Gasteiger partial charge in [-0.1, -0.05) is 11.6 Å². The number of allylic oxidation sites excluding steroid dienone is 1. The quantitative estimate of drug-likeness (QED) is 0.383. The second-order valence-electron chi connectivity index (χ2n) is 5.13. The highest BCUT2D eigenvalue weighted by Crippen LogP contribution is 2.25. The Morgan fingerprint density at radius 1 is 1.17 bits per heavy atom. The van der Waals surface area contributed by atoms with E-state index in [4.69, 9.17) is 16.3 Å². The lowest BCUT2D eigenvalue weighted by Gasteiger charge is -2.04. The Labute approximate surface area is 143 Å². The molecule has 0 fully saturated rings. The van der Waals surface area contributed by atoms with E-state index >= 15 is 0 Å². The van der Waals surface area contributed by atoms with Crippen LogP contribution >= 0.6 is 11.6 Å². The fourth-order valence-corrected chi connectivity index (χ4v) is 2.47. The van der Waals surface area contributed by atoms with Gasteiger partial charge in [-0.2, -0.15) is 0 Å². The number of carbonyl (C=O) groups is 1. The summed E-state index contributed by atoms with van der Waals surface area (Å²) in [5.74, 6) is 0.0782. The molecular weight excluding hydrogens is 329 g/mol. The molecule has 0 unspecified atom stereocenters. The van der Waals surface area contributed by atoms with E-state index in [0.29, 0.717) is 27.5 Å². The number of aromatic nitrogens is 1. The van der Waals surface area contributed by atoms with Crippen LogP contribution in [0.2, 0.25) is 5.15 Å². The third-order valence-electron chi connectivity index (χ3n) is 3.55. The zero-order valence-corrected chi connectivity index (χ0v) is 13.5. The molecule has 5 heteroatoms. The van der Waals surface area contributed by atoms with E-state index in [1.54, 1.807) is 19.3 Å². The Hall–Kier alpha value is -2.72. The van der Waals surface area contributed by atoms with Crippen molar-refractivity contribution in [1.29, 1.82) is 0 Å². The fraction of sp³-hybridized carbons (Fsp3) is 0.0526. The average molecular weight is 342 g/mol. The smallest absolute Gasteiger partial charge is 0.185 e. The Balaban J connectivity index is 1.90. The molecule has 0 saturated carbocycles. The summed E-state index contributed by atoms with van der Waals surface area (Å²) in [6.45, 7) is 0. The van der Waals surface area contributed by atoms with E-state index in [9.17, 15) is 9.18 Å². The lowest BCUT2D eigenvalue weighted by Crippen LogP contribution is -1.94. The molecule has 120 valence electrons. The van der Waals surface area contributed by atoms with Crippen LogP contribution in [0.25, 0.3) is 17.0 Å². The van der Waals surface area contributed by atoms with Crippen LogP contribution in [0.15, 0.2) is 54.6 Å². The molecule has 0 saturated heterocycles. The topological polar surface area (TPSA) is 39.2 Å². The fourth-order valence-electron chi connectivity index (χ4n) is 2.26. The van der Waals surface area contributed by atoms with Crippen molar-refractivity contribution in [1.82, 2.24) is 4.98 Å². The van der Waals surface area contributed by atoms with Crippen LogP contribution in [-0.4, -0.2) is 17.9 Å². The lowest BCUT2D eigenvalue weighted by molar-refractivity contribution is 0.104. The second-order valence-corrected chi connectivity index (χ2v) is 5.49. The maximum absolute atomic E-state index is 12.9. The number of carbonyl (C=O) groups excluding carboxylic acids is 1. The monoisotopic (exact) mass is 341 g/mol. The van der Waals surface area contributed by atoms with Crippen molar-refractivity contribution in [3.05, 3.63) is 76.7 Å². The molecule has 0 N–H and O–H groups in total. The maximum atomic E-state index is 12.9. The van der Waals surface area contributed by atoms with Crippen LogP contribution in [0.3, 0.4) is 0 Å². The van der Waals surface area contributed by atoms with Crippen LogP contribution in [-0.2, 0) is 0 Å². The molecule has 0 radical (unpaired) electrons. The summed E-state index contributed by atoms with van der Waals surface area (Å²) in [6, 6.07) is 12.7. The Morgan fingerprint density at radius 2 is 1.92 bits per heavy atom. The molecular formula is C19H13ClFNO2. The molecule has 1 heterocycles. The van der Waals surface area contributed by atoms with Gasteiger partial charge in [0.1, 0.15) is 16.7 Å². The highest BCUT2D eigenvalue weighted by Gasteiger charge is 2.06. The van der Waals surface area contributed by atoms with E-state index in [0.717, 1.165) is 5.39 Å². The Kier molecular flexibility index (Phi) is 4.58. The van der Waals surface area contributed by atoms with Crippen molar-refractivity contribution in [3.63, 3.8) is 0 Å². The van der Waals surface area contributed by atoms with E-state index in [1.807, 2.05) is 18.2 Å². The first-order valence-corrected chi connectivity index (χ1v) is 7.57. The first kappa shape index (κ1) is 16.1. The van der Waals surface area contributed by atoms with Gasteiger partial charge in [-0.25, -0.2) is 9.37 Å². The van der Waals surface area contributed by atoms with Gasteiger partial charge in [-0.3, -0.25) is 4.79 Å². The van der Waals surface area contributed by atoms with Crippen molar-refractivity contribution in [2.75, 3.05) is 7.11 Å². The van der Waals surface area contributed by atoms with E-state index in [-0.39, 0.29) is 11.6 Å². The van der Waals surface area contributed by atoms with Crippen LogP contribution in [0.1, 0.15) is 15.9 Å². The summed E-state index contributed by atoms with van der Waals surface area (Å²) in [4.78, 5) is 16.4. The van der Waals surface area contributed by atoms with E-state index in [2.05, 4.69) is 4.98 Å². The normalized spacial score (nSPS) is 11.1. The molecule has 0 bridgehead atoms. The zero-order chi connectivity index (χ0) is 17.1. The van der Waals surface area contributed by atoms with Gasteiger partial charge >= 0.3 is 0 Å². The number of benzene rings is 2. The Morgan fingerprint density at radius 3 is 2.62 bits per heavy atom. The van der Waals surface area contributed by atoms with Crippen molar-refractivity contribution in [2.45, 2.75) is 0 Å². The lowest BCUT2D eigenvalue weighted by atomic mass is 10.1. The number of rotatable bonds is 4. The number of ketones is 1. The van der Waals surface area contributed by atoms with Gasteiger partial charge < -0.3 is 4.74 Å². The van der Waals surface area contributed by atoms with Gasteiger partial charge in [0, 0.05) is 22.6 Å². The molecule has 0 aliphatic carbocycles. The maximum Gasteiger partial charge on any atom is 0.185 e. The minimum Gasteiger partial charge on any atom is -0.497 e. The summed E-state index contributed by atoms with van der Waals surface area (Å²) in [7, 11) is 1.58. The van der Waals surface area contributed by atoms with Gasteiger partial charge in [0.2, 0.25) is 0 Å². The number of hydrogen-bond acceptors (Lipinski definition) is 3. The van der Waals surface area contributed by atoms with Gasteiger partial charge in [0.15, 0.2) is 5.78 Å². The predicted molar refractivity (Wildman–Crippen MR) is 93.1 cm³/mol. The molecule has 2 aromatic carbocycles. The van der Waals surface area contributed by atoms with Gasteiger partial charge in [0.05, 0.1) is 12.6 Å². The zero-order valence-electron chi connectivity index (χ0n) is 12.8. The van der Waals surface area contributed by atoms with Gasteiger partial charge in [0.25, 0.3) is 0 Å². The molecule has 0 spiro atoms. The summed E-state index contributed by atoms with van der Waals surface area (Å²) in [5.41, 5.74) is 1.74. The van der Waals surface area contributed by atoms with Crippen molar-refractivity contribution >= 4 is 34.4 Å². The molecule has 24 heavy (non-hydrogen) atoms. The molecule has 3 nitrogen and oxygen atoms in total. The first-order chi connectivity index (χ1) is 11.6. The van der Waals surface area contributed by atoms with Crippen LogP contribution < -0.4 is 4.74 Å². The number of ether oxygens (including phenoxy) is 1. The third-order valence-corrected chi connectivity index (χ3v) is 3.85. The summed E-state index contributed by atoms with van der Waals surface area (Å²) < 4.78 is 18.1. The van der Waals surface area contributed by atoms with Crippen LogP contribution in [0, 0.1) is 5.82 Å². The number of nitrogens with zero attached hydrogens (tertiary/aromatic N) is 1. The van der Waals surface area contributed by atoms with Crippen molar-refractivity contribution < 1.29 is 13.9 Å². The summed E-state index contributed by atoms with van der Waals surface area (Å²) >= 11 is 6.18. The number of hydrogen-bond donors (Lipinski definition) is 0. The van der Waals surface area contributed by atoms with Gasteiger partial charge in [-0.15, -0.1) is 0 Å². The van der Waals surface area contributed by atoms with Gasteiger partial charge in [-0.05, 0) is 54.6 Å². The minimum atomic E-state index is -0.382. The number of halogens is 2. The van der Waals surface area contributed by atoms with E-state index in [1.165, 1.54) is 30.3 Å². The number of fused-ring (bicyclic) bond motifs is 1. The highest BCUT2D eigenvalue weighted by molar-refractivity contribution is 6.31. The van der Waals surface area contributed by atoms with Crippen LogP contribution in [0.4, 0.5) is 4.39 Å². The standard InChI is InChI=1S/C19H13ClFNO2/c1-24-16-8-4-13-10-14(19(20)22-17(13)11-16)5-9-18(23)12-2-6-15(21)7-3-12/h2-11H,1H3/b9-5+. The molecule has 1 aromatic heterocycles. The minimum absolute atomic E-state index is 0.235. The number of pyridine rings is 1. The van der Waals surface area contributed by atoms with E-state index < -0.39 is 0 Å². The molecule has 0 aliphatic heterocycles. The Bertz CT molecular complexity index is 936. The molecule has 0 atom stereocenters. The molecule has 3 aromatic rings. The van der Waals surface area contributed by atoms with Crippen molar-refractivity contribution in [3.8, 4) is 5.75 Å². The molecule has 0 amide bonds. The highest BCUT2D eigenvalue weighted by atomic mass is 35.5. The molecule has 0 aliphatic rings. The van der Waals surface area contributed by atoms with Crippen LogP contribution in [0.5, 0.6) is 5.75 Å². The largest absolute Gasteiger partial charge is 0.497 e. The summed E-state index contributed by atoms with van der Waals surface area (Å²) in [6.07, 6.45) is 3.00. The van der Waals surface area contributed by atoms with Crippen molar-refractivity contribution in [2.24, 2.45) is 0 Å². The SMILES string of the molecule is COc1ccc2cc(/C=C/C(=O)c3ccc(F)cc3)c(Cl)nc2c1. The number of methoxy groups -OCH3 is 1. The predicted octanol–water partition coefficient (Wildman–Crippen LogP) is 4.93. The first-order valence-electron chi connectivity index (χ1n) is 7.19. The summed E-state index contributed by atoms with van der Waals surface area (Å²) in [5, 5.41) is 1.17. The molecule has 3 rings (SSSR count). The second kappa shape index (κ2) is 6.81. The average Bonchev–Trinajstić information content (AvgIpc) is 2.59. The third kappa shape index (κ3) is 3.44.